The van der Waals surface area contributed by atoms with Gasteiger partial charge in [-0.05, 0) is 25.7 Å². The van der Waals surface area contributed by atoms with Crippen LogP contribution in [-0.4, -0.2) is 96.7 Å². The van der Waals surface area contributed by atoms with Crippen molar-refractivity contribution in [3.8, 4) is 0 Å². The number of carbonyl (C=O) groups excluding carboxylic acids is 4. The molecular weight excluding hydrogens is 1230 g/mol. The zero-order chi connectivity index (χ0) is 69.0. The molecule has 3 N–H and O–H groups in total. The highest BCUT2D eigenvalue weighted by atomic mass is 31.2. The average molecular weight is 1380 g/mol. The number of unbranched alkanes of at least 4 members (excludes halogenated alkanes) is 50. The summed E-state index contributed by atoms with van der Waals surface area (Å²) in [5.74, 6) is -2.11. The van der Waals surface area contributed by atoms with Gasteiger partial charge in [0, 0.05) is 25.7 Å². The molecule has 0 aliphatic carbocycles. The van der Waals surface area contributed by atoms with Crippen LogP contribution in [0.1, 0.15) is 400 Å². The summed E-state index contributed by atoms with van der Waals surface area (Å²) in [6, 6.07) is 0. The number of aliphatic hydroxyl groups is 1. The molecule has 0 heterocycles. The highest BCUT2D eigenvalue weighted by Gasteiger charge is 2.30. The normalized spacial score (nSPS) is 13.9. The third-order valence-corrected chi connectivity index (χ3v) is 19.5. The topological polar surface area (TPSA) is 237 Å². The van der Waals surface area contributed by atoms with E-state index < -0.39 is 97.5 Å². The van der Waals surface area contributed by atoms with Gasteiger partial charge < -0.3 is 33.8 Å². The molecule has 0 fully saturated rings. The number of hydrogen-bond donors (Lipinski definition) is 3. The van der Waals surface area contributed by atoms with E-state index in [4.69, 9.17) is 37.0 Å². The number of hydrogen-bond acceptors (Lipinski definition) is 15. The molecule has 0 rings (SSSR count). The Bertz CT molecular complexity index is 1790. The molecule has 0 saturated carbocycles. The molecule has 0 aliphatic rings. The number of phosphoric acid groups is 2. The molecule has 558 valence electrons. The molecule has 2 unspecified atom stereocenters. The van der Waals surface area contributed by atoms with Crippen molar-refractivity contribution in [3.63, 3.8) is 0 Å². The third-order valence-electron chi connectivity index (χ3n) is 17.6. The first-order valence-corrected chi connectivity index (χ1v) is 42.3. The predicted octanol–water partition coefficient (Wildman–Crippen LogP) is 22.2. The molecular formula is C75H146O17P2. The van der Waals surface area contributed by atoms with E-state index in [2.05, 4.69) is 27.7 Å². The van der Waals surface area contributed by atoms with Gasteiger partial charge in [-0.2, -0.15) is 0 Å². The van der Waals surface area contributed by atoms with Crippen LogP contribution < -0.4 is 0 Å². The first-order valence-electron chi connectivity index (χ1n) is 39.3. The maximum atomic E-state index is 13.1. The van der Waals surface area contributed by atoms with Crippen molar-refractivity contribution in [2.24, 2.45) is 0 Å². The third kappa shape index (κ3) is 68.6. The zero-order valence-corrected chi connectivity index (χ0v) is 62.7. The summed E-state index contributed by atoms with van der Waals surface area (Å²) in [7, 11) is -9.90. The van der Waals surface area contributed by atoms with Crippen molar-refractivity contribution >= 4 is 39.5 Å². The first-order chi connectivity index (χ1) is 45.7. The summed E-state index contributed by atoms with van der Waals surface area (Å²) in [6.07, 6.45) is 59.6. The van der Waals surface area contributed by atoms with Crippen molar-refractivity contribution in [3.05, 3.63) is 0 Å². The number of aliphatic hydroxyl groups excluding tert-OH is 1. The van der Waals surface area contributed by atoms with Crippen LogP contribution in [0.4, 0.5) is 0 Å². The predicted molar refractivity (Wildman–Crippen MR) is 382 cm³/mol. The molecule has 5 atom stereocenters. The highest BCUT2D eigenvalue weighted by molar-refractivity contribution is 7.47. The van der Waals surface area contributed by atoms with E-state index in [-0.39, 0.29) is 25.7 Å². The van der Waals surface area contributed by atoms with Crippen LogP contribution in [0.5, 0.6) is 0 Å². The lowest BCUT2D eigenvalue weighted by Gasteiger charge is -2.21. The minimum absolute atomic E-state index is 0.107. The van der Waals surface area contributed by atoms with Gasteiger partial charge >= 0.3 is 39.5 Å². The number of rotatable bonds is 76. The Kier molecular flexibility index (Phi) is 68.1. The summed E-state index contributed by atoms with van der Waals surface area (Å²) < 4.78 is 68.4. The minimum atomic E-state index is -4.95. The molecule has 19 heteroatoms. The van der Waals surface area contributed by atoms with Gasteiger partial charge in [0.1, 0.15) is 19.3 Å². The smallest absolute Gasteiger partial charge is 0.462 e. The second-order valence-electron chi connectivity index (χ2n) is 27.0. The van der Waals surface area contributed by atoms with E-state index >= 15 is 0 Å². The summed E-state index contributed by atoms with van der Waals surface area (Å²) >= 11 is 0. The fourth-order valence-electron chi connectivity index (χ4n) is 11.6. The Morgan fingerprint density at radius 3 is 0.628 bits per heavy atom. The van der Waals surface area contributed by atoms with Crippen LogP contribution in [0.2, 0.25) is 0 Å². The standard InChI is InChI=1S/C75H146O17P2/c1-5-9-13-17-21-25-29-31-33-35-36-38-40-42-46-50-54-58-62-75(80)92-71(66-86-73(78)60-56-52-48-45-41-39-37-34-32-30-26-22-18-14-10-6-2)68-90-94(83,84)88-64-69(76)63-87-93(81,82)89-67-70(91-74(79)61-57-53-49-44-28-24-20-16-12-8-4)65-85-72(77)59-55-51-47-43-27-23-19-15-11-7-3/h69-71,76H,5-68H2,1-4H3,(H,81,82)(H,83,84)/t69-,70+,71+/m0/s1. The molecule has 0 bridgehead atoms. The van der Waals surface area contributed by atoms with Crippen LogP contribution in [0, 0.1) is 0 Å². The quantitative estimate of drug-likeness (QED) is 0.0222. The van der Waals surface area contributed by atoms with E-state index in [0.29, 0.717) is 25.7 Å². The maximum absolute atomic E-state index is 13.1. The summed E-state index contributed by atoms with van der Waals surface area (Å²) in [5, 5.41) is 10.6. The second kappa shape index (κ2) is 69.5. The lowest BCUT2D eigenvalue weighted by Crippen LogP contribution is -2.30. The molecule has 0 aromatic rings. The fourth-order valence-corrected chi connectivity index (χ4v) is 13.2. The van der Waals surface area contributed by atoms with Gasteiger partial charge in [-0.1, -0.05) is 349 Å². The van der Waals surface area contributed by atoms with Crippen molar-refractivity contribution in [2.45, 2.75) is 418 Å². The lowest BCUT2D eigenvalue weighted by atomic mass is 10.0. The van der Waals surface area contributed by atoms with Crippen LogP contribution >= 0.6 is 15.6 Å². The van der Waals surface area contributed by atoms with E-state index in [0.717, 1.165) is 89.9 Å². The fraction of sp³-hybridized carbons (Fsp3) is 0.947. The molecule has 94 heavy (non-hydrogen) atoms. The van der Waals surface area contributed by atoms with E-state index in [9.17, 15) is 43.2 Å². The minimum Gasteiger partial charge on any atom is -0.462 e. The largest absolute Gasteiger partial charge is 0.472 e. The Labute approximate surface area is 575 Å². The average Bonchev–Trinajstić information content (AvgIpc) is 2.89. The van der Waals surface area contributed by atoms with Gasteiger partial charge in [-0.25, -0.2) is 9.13 Å². The highest BCUT2D eigenvalue weighted by Crippen LogP contribution is 2.45. The molecule has 17 nitrogen and oxygen atoms in total. The number of phosphoric ester groups is 2. The van der Waals surface area contributed by atoms with Crippen LogP contribution in [0.15, 0.2) is 0 Å². The lowest BCUT2D eigenvalue weighted by molar-refractivity contribution is -0.161. The Hall–Kier alpha value is -1.94. The van der Waals surface area contributed by atoms with Crippen LogP contribution in [0.3, 0.4) is 0 Å². The Balaban J connectivity index is 5.21. The molecule has 0 spiro atoms. The Morgan fingerprint density at radius 1 is 0.255 bits per heavy atom. The second-order valence-corrected chi connectivity index (χ2v) is 29.9. The molecule has 0 amide bonds. The van der Waals surface area contributed by atoms with Gasteiger partial charge in [0.25, 0.3) is 0 Å². The van der Waals surface area contributed by atoms with Gasteiger partial charge in [-0.15, -0.1) is 0 Å². The van der Waals surface area contributed by atoms with Crippen molar-refractivity contribution < 1.29 is 80.2 Å². The van der Waals surface area contributed by atoms with E-state index in [1.807, 2.05) is 0 Å². The monoisotopic (exact) mass is 1380 g/mol. The van der Waals surface area contributed by atoms with Gasteiger partial charge in [0.05, 0.1) is 26.4 Å². The summed E-state index contributed by atoms with van der Waals surface area (Å²) in [5.41, 5.74) is 0. The van der Waals surface area contributed by atoms with Gasteiger partial charge in [-0.3, -0.25) is 37.3 Å². The van der Waals surface area contributed by atoms with Gasteiger partial charge in [0.15, 0.2) is 12.2 Å². The zero-order valence-electron chi connectivity index (χ0n) is 60.9. The number of carbonyl (C=O) groups is 4. The Morgan fingerprint density at radius 2 is 0.426 bits per heavy atom. The SMILES string of the molecule is CCCCCCCCCCCCCCCCCCCCC(=O)O[C@H](COC(=O)CCCCCCCCCCCCCCCCCC)COP(=O)(O)OC[C@@H](O)COP(=O)(O)OC[C@@H](COC(=O)CCCCCCCCCCCC)OC(=O)CCCCCCCCCCCC. The van der Waals surface area contributed by atoms with Crippen LogP contribution in [-0.2, 0) is 65.4 Å². The van der Waals surface area contributed by atoms with Crippen LogP contribution in [0.25, 0.3) is 0 Å². The molecule has 0 aromatic carbocycles. The van der Waals surface area contributed by atoms with Crippen molar-refractivity contribution in [1.82, 2.24) is 0 Å². The van der Waals surface area contributed by atoms with E-state index in [1.165, 1.54) is 231 Å². The number of esters is 4. The molecule has 0 radical (unpaired) electrons. The first kappa shape index (κ1) is 92.1. The summed E-state index contributed by atoms with van der Waals surface area (Å²) in [4.78, 5) is 72.7. The summed E-state index contributed by atoms with van der Waals surface area (Å²) in [6.45, 7) is 4.97. The molecule has 0 aromatic heterocycles. The molecule has 0 aliphatic heterocycles. The van der Waals surface area contributed by atoms with E-state index in [1.54, 1.807) is 0 Å². The van der Waals surface area contributed by atoms with Crippen molar-refractivity contribution in [2.75, 3.05) is 39.6 Å². The molecule has 0 saturated heterocycles. The maximum Gasteiger partial charge on any atom is 0.472 e. The number of ether oxygens (including phenoxy) is 4. The van der Waals surface area contributed by atoms with Gasteiger partial charge in [0.2, 0.25) is 0 Å². The van der Waals surface area contributed by atoms with Crippen molar-refractivity contribution in [1.29, 1.82) is 0 Å².